The van der Waals surface area contributed by atoms with Gasteiger partial charge in [-0.2, -0.15) is 0 Å². The van der Waals surface area contributed by atoms with E-state index in [1.807, 2.05) is 13.0 Å². The van der Waals surface area contributed by atoms with Crippen LogP contribution in [-0.4, -0.2) is 4.98 Å². The summed E-state index contributed by atoms with van der Waals surface area (Å²) in [4.78, 5) is 5.75. The molecule has 0 saturated carbocycles. The highest BCUT2D eigenvalue weighted by atomic mass is 32.1. The molecule has 0 amide bonds. The minimum absolute atomic E-state index is 0.606. The van der Waals surface area contributed by atoms with Crippen molar-refractivity contribution >= 4 is 11.3 Å². The van der Waals surface area contributed by atoms with E-state index in [2.05, 4.69) is 29.2 Å². The predicted octanol–water partition coefficient (Wildman–Crippen LogP) is 2.70. The Labute approximate surface area is 100 Å². The lowest BCUT2D eigenvalue weighted by atomic mass is 10.1. The number of benzene rings is 1. The molecule has 2 N–H and O–H groups in total. The smallest absolute Gasteiger partial charge is 0.0934 e. The van der Waals surface area contributed by atoms with Crippen molar-refractivity contribution in [2.24, 2.45) is 5.73 Å². The number of nitrogens with zero attached hydrogens (tertiary/aromatic N) is 1. The molecular weight excluding hydrogens is 216 g/mol. The van der Waals surface area contributed by atoms with E-state index in [1.165, 1.54) is 15.4 Å². The first-order chi connectivity index (χ1) is 7.79. The maximum Gasteiger partial charge on any atom is 0.0934 e. The Bertz CT molecular complexity index is 448. The third kappa shape index (κ3) is 2.68. The van der Waals surface area contributed by atoms with Gasteiger partial charge in [-0.1, -0.05) is 30.3 Å². The lowest BCUT2D eigenvalue weighted by Gasteiger charge is -1.97. The molecule has 84 valence electrons. The molecule has 2 nitrogen and oxygen atoms in total. The van der Waals surface area contributed by atoms with Gasteiger partial charge in [0, 0.05) is 17.8 Å². The molecule has 0 atom stereocenters. The molecule has 0 saturated heterocycles. The number of rotatable bonds is 4. The van der Waals surface area contributed by atoms with Gasteiger partial charge >= 0.3 is 0 Å². The molecule has 0 aliphatic carbocycles. The molecule has 1 aromatic carbocycles. The first-order valence-electron chi connectivity index (χ1n) is 5.49. The second-order valence-electron chi connectivity index (χ2n) is 3.81. The largest absolute Gasteiger partial charge is 0.326 e. The highest BCUT2D eigenvalue weighted by molar-refractivity contribution is 7.11. The Morgan fingerprint density at radius 3 is 2.56 bits per heavy atom. The van der Waals surface area contributed by atoms with Gasteiger partial charge in [0.2, 0.25) is 0 Å². The van der Waals surface area contributed by atoms with E-state index in [4.69, 9.17) is 5.73 Å². The van der Waals surface area contributed by atoms with E-state index in [9.17, 15) is 0 Å². The summed E-state index contributed by atoms with van der Waals surface area (Å²) >= 11 is 1.74. The zero-order chi connectivity index (χ0) is 11.4. The third-order valence-corrected chi connectivity index (χ3v) is 3.83. The van der Waals surface area contributed by atoms with Gasteiger partial charge in [0.25, 0.3) is 0 Å². The van der Waals surface area contributed by atoms with Crippen LogP contribution in [0.4, 0.5) is 0 Å². The van der Waals surface area contributed by atoms with E-state index in [0.29, 0.717) is 6.54 Å². The van der Waals surface area contributed by atoms with Crippen LogP contribution < -0.4 is 5.73 Å². The van der Waals surface area contributed by atoms with Crippen molar-refractivity contribution in [2.75, 3.05) is 0 Å². The van der Waals surface area contributed by atoms with Gasteiger partial charge in [-0.25, -0.2) is 4.98 Å². The van der Waals surface area contributed by atoms with Crippen molar-refractivity contribution in [2.45, 2.75) is 26.3 Å². The quantitative estimate of drug-likeness (QED) is 0.880. The minimum atomic E-state index is 0.606. The van der Waals surface area contributed by atoms with Crippen molar-refractivity contribution in [1.82, 2.24) is 4.98 Å². The number of hydrogen-bond donors (Lipinski definition) is 1. The zero-order valence-electron chi connectivity index (χ0n) is 9.44. The van der Waals surface area contributed by atoms with Gasteiger partial charge in [0.05, 0.1) is 10.7 Å². The Morgan fingerprint density at radius 1 is 1.19 bits per heavy atom. The maximum absolute atomic E-state index is 5.64. The fourth-order valence-electron chi connectivity index (χ4n) is 1.68. The highest BCUT2D eigenvalue weighted by Gasteiger charge is 2.05. The van der Waals surface area contributed by atoms with Crippen molar-refractivity contribution in [3.63, 3.8) is 0 Å². The molecule has 1 heterocycles. The van der Waals surface area contributed by atoms with Crippen LogP contribution in [-0.2, 0) is 19.4 Å². The molecule has 0 aliphatic rings. The molecule has 2 aromatic rings. The topological polar surface area (TPSA) is 38.9 Å². The summed E-state index contributed by atoms with van der Waals surface area (Å²) in [5.74, 6) is 0. The Kier molecular flexibility index (Phi) is 3.70. The van der Waals surface area contributed by atoms with Crippen LogP contribution in [0.25, 0.3) is 0 Å². The molecule has 0 spiro atoms. The van der Waals surface area contributed by atoms with Gasteiger partial charge < -0.3 is 5.73 Å². The Morgan fingerprint density at radius 2 is 1.94 bits per heavy atom. The Hall–Kier alpha value is -1.19. The van der Waals surface area contributed by atoms with Crippen LogP contribution in [0.1, 0.15) is 21.1 Å². The van der Waals surface area contributed by atoms with Gasteiger partial charge in [-0.3, -0.25) is 0 Å². The van der Waals surface area contributed by atoms with Gasteiger partial charge in [-0.15, -0.1) is 11.3 Å². The van der Waals surface area contributed by atoms with Gasteiger partial charge in [0.15, 0.2) is 0 Å². The van der Waals surface area contributed by atoms with E-state index in [-0.39, 0.29) is 0 Å². The van der Waals surface area contributed by atoms with Crippen LogP contribution in [0.3, 0.4) is 0 Å². The summed E-state index contributed by atoms with van der Waals surface area (Å²) < 4.78 is 0. The monoisotopic (exact) mass is 232 g/mol. The van der Waals surface area contributed by atoms with Gasteiger partial charge in [-0.05, 0) is 18.9 Å². The zero-order valence-corrected chi connectivity index (χ0v) is 10.3. The summed E-state index contributed by atoms with van der Waals surface area (Å²) in [6.07, 6.45) is 2.06. The van der Waals surface area contributed by atoms with Gasteiger partial charge in [0.1, 0.15) is 0 Å². The van der Waals surface area contributed by atoms with Crippen molar-refractivity contribution in [1.29, 1.82) is 0 Å². The fraction of sp³-hybridized carbons (Fsp3) is 0.308. The average Bonchev–Trinajstić information content (AvgIpc) is 2.69. The second-order valence-corrected chi connectivity index (χ2v) is 4.97. The van der Waals surface area contributed by atoms with Crippen molar-refractivity contribution in [3.8, 4) is 0 Å². The average molecular weight is 232 g/mol. The molecule has 1 aromatic heterocycles. The van der Waals surface area contributed by atoms with E-state index >= 15 is 0 Å². The molecular formula is C13H16N2S. The molecule has 3 heteroatoms. The van der Waals surface area contributed by atoms with Crippen LogP contribution in [0, 0.1) is 6.92 Å². The molecule has 0 unspecified atom stereocenters. The first kappa shape index (κ1) is 11.3. The second kappa shape index (κ2) is 5.23. The minimum Gasteiger partial charge on any atom is -0.326 e. The molecule has 16 heavy (non-hydrogen) atoms. The van der Waals surface area contributed by atoms with Crippen LogP contribution in [0.15, 0.2) is 30.3 Å². The number of aromatic nitrogens is 1. The first-order valence-corrected chi connectivity index (χ1v) is 6.30. The number of thiazole rings is 1. The maximum atomic E-state index is 5.64. The number of nitrogens with two attached hydrogens (primary N) is 1. The lowest BCUT2D eigenvalue weighted by molar-refractivity contribution is 0.933. The van der Waals surface area contributed by atoms with E-state index in [0.717, 1.165) is 18.5 Å². The summed E-state index contributed by atoms with van der Waals surface area (Å²) in [5.41, 5.74) is 8.10. The highest BCUT2D eigenvalue weighted by Crippen LogP contribution is 2.18. The molecule has 0 radical (unpaired) electrons. The van der Waals surface area contributed by atoms with Crippen LogP contribution in [0.2, 0.25) is 0 Å². The van der Waals surface area contributed by atoms with Crippen molar-refractivity contribution in [3.05, 3.63) is 51.5 Å². The number of aryl methyl sites for hydroxylation is 3. The Balaban J connectivity index is 2.00. The lowest BCUT2D eigenvalue weighted by Crippen LogP contribution is -1.94. The fourth-order valence-corrected chi connectivity index (χ4v) is 2.63. The molecule has 0 bridgehead atoms. The van der Waals surface area contributed by atoms with E-state index in [1.54, 1.807) is 11.3 Å². The summed E-state index contributed by atoms with van der Waals surface area (Å²) in [6.45, 7) is 2.64. The predicted molar refractivity (Wildman–Crippen MR) is 68.6 cm³/mol. The molecule has 2 rings (SSSR count). The SMILES string of the molecule is Cc1nc(CCc2ccccc2)sc1CN. The summed E-state index contributed by atoms with van der Waals surface area (Å²) in [5, 5.41) is 1.20. The number of hydrogen-bond acceptors (Lipinski definition) is 3. The van der Waals surface area contributed by atoms with Crippen molar-refractivity contribution < 1.29 is 0 Å². The normalized spacial score (nSPS) is 10.6. The third-order valence-electron chi connectivity index (χ3n) is 2.59. The van der Waals surface area contributed by atoms with Crippen LogP contribution >= 0.6 is 11.3 Å². The summed E-state index contributed by atoms with van der Waals surface area (Å²) in [6, 6.07) is 10.5. The van der Waals surface area contributed by atoms with E-state index < -0.39 is 0 Å². The van der Waals surface area contributed by atoms with Crippen LogP contribution in [0.5, 0.6) is 0 Å². The standard InChI is InChI=1S/C13H16N2S/c1-10-12(9-14)16-13(15-10)8-7-11-5-3-2-4-6-11/h2-6H,7-9,14H2,1H3. The molecule has 0 fully saturated rings. The summed E-state index contributed by atoms with van der Waals surface area (Å²) in [7, 11) is 0. The molecule has 0 aliphatic heterocycles.